The molecule has 0 bridgehead atoms. The van der Waals surface area contributed by atoms with Gasteiger partial charge in [0, 0.05) is 6.07 Å². The molecule has 2 aromatic rings. The molecule has 3 amide bonds. The second-order valence-electron chi connectivity index (χ2n) is 10.7. The van der Waals surface area contributed by atoms with Gasteiger partial charge in [0.2, 0.25) is 17.5 Å². The molecule has 0 unspecified atom stereocenters. The topological polar surface area (TPSA) is 126 Å². The van der Waals surface area contributed by atoms with Crippen molar-refractivity contribution in [1.29, 1.82) is 0 Å². The third kappa shape index (κ3) is 8.96. The summed E-state index contributed by atoms with van der Waals surface area (Å²) in [6, 6.07) is 1.48. The molecule has 0 saturated carbocycles. The van der Waals surface area contributed by atoms with Crippen LogP contribution in [0, 0.1) is 47.8 Å². The fraction of sp³-hybridized carbons (Fsp3) is 0.448. The highest BCUT2D eigenvalue weighted by Gasteiger charge is 2.32. The lowest BCUT2D eigenvalue weighted by molar-refractivity contribution is -0.138. The van der Waals surface area contributed by atoms with Crippen LogP contribution in [0.15, 0.2) is 24.3 Å². The van der Waals surface area contributed by atoms with Crippen molar-refractivity contribution in [3.05, 3.63) is 58.9 Å². The van der Waals surface area contributed by atoms with Crippen molar-refractivity contribution in [2.75, 3.05) is 25.0 Å². The first-order valence-corrected chi connectivity index (χ1v) is 13.6. The van der Waals surface area contributed by atoms with Crippen molar-refractivity contribution in [3.63, 3.8) is 0 Å². The highest BCUT2D eigenvalue weighted by Crippen LogP contribution is 2.27. The number of benzene rings is 2. The first kappa shape index (κ1) is 33.4. The van der Waals surface area contributed by atoms with Crippen LogP contribution in [-0.2, 0) is 19.2 Å². The molecule has 1 fully saturated rings. The Balaban J connectivity index is 1.74. The Labute approximate surface area is 244 Å². The maximum atomic E-state index is 14.1. The summed E-state index contributed by atoms with van der Waals surface area (Å²) >= 11 is 0. The van der Waals surface area contributed by atoms with Crippen molar-refractivity contribution in [1.82, 2.24) is 16.0 Å². The summed E-state index contributed by atoms with van der Waals surface area (Å²) in [5.74, 6) is -13.7. The molecule has 0 aliphatic carbocycles. The number of carbonyl (C=O) groups excluding carboxylic acids is 4. The molecule has 4 N–H and O–H groups in total. The molecule has 14 heteroatoms. The molecule has 0 spiro atoms. The Kier molecular flexibility index (Phi) is 11.6. The summed E-state index contributed by atoms with van der Waals surface area (Å²) in [4.78, 5) is 51.6. The highest BCUT2D eigenvalue weighted by atomic mass is 19.2. The van der Waals surface area contributed by atoms with Gasteiger partial charge in [-0.05, 0) is 62.7 Å². The van der Waals surface area contributed by atoms with Gasteiger partial charge >= 0.3 is 11.8 Å². The van der Waals surface area contributed by atoms with Crippen LogP contribution in [0.4, 0.5) is 27.6 Å². The number of nitrogens with one attached hydrogen (secondary N) is 4. The van der Waals surface area contributed by atoms with Crippen LogP contribution in [0.5, 0.6) is 5.75 Å². The molecular weight excluding hydrogens is 579 g/mol. The van der Waals surface area contributed by atoms with E-state index in [4.69, 9.17) is 4.74 Å². The van der Waals surface area contributed by atoms with E-state index >= 15 is 0 Å². The largest absolute Gasteiger partial charge is 0.479 e. The number of para-hydroxylation sites is 1. The highest BCUT2D eigenvalue weighted by molar-refractivity contribution is 6.40. The number of hydrogen-bond acceptors (Lipinski definition) is 6. The molecule has 1 aliphatic heterocycles. The normalized spacial score (nSPS) is 16.0. The Hall–Kier alpha value is -4.07. The number of ether oxygens (including phenoxy) is 1. The standard InChI is InChI=1S/C29H33F5N4O5/c1-14(2)9-21(37-28(41)29(42)38-25-15(3)5-4-6-17(25)30)27(40)36-20(10-16-7-8-35-12-16)22(39)13-43-26-23(33)18(31)11-19(32)24(26)34/h4-6,11,14,16,20-21,35H,7-10,12-13H2,1-3H3,(H,36,40)(H,37,41)(H,38,42)/t16-,20-,21-/m0/s1. The Bertz CT molecular complexity index is 1320. The van der Waals surface area contributed by atoms with E-state index in [0.717, 1.165) is 6.07 Å². The number of amides is 3. The zero-order valence-corrected chi connectivity index (χ0v) is 23.8. The molecule has 43 heavy (non-hydrogen) atoms. The van der Waals surface area contributed by atoms with Gasteiger partial charge in [-0.3, -0.25) is 19.2 Å². The van der Waals surface area contributed by atoms with Gasteiger partial charge in [-0.2, -0.15) is 8.78 Å². The number of halogens is 5. The zero-order valence-electron chi connectivity index (χ0n) is 23.8. The summed E-state index contributed by atoms with van der Waals surface area (Å²) in [7, 11) is 0. The molecule has 3 rings (SSSR count). The smallest absolute Gasteiger partial charge is 0.313 e. The molecule has 0 radical (unpaired) electrons. The van der Waals surface area contributed by atoms with Crippen LogP contribution in [0.2, 0.25) is 0 Å². The lowest BCUT2D eigenvalue weighted by atomic mass is 9.95. The molecular formula is C29H33F5N4O5. The summed E-state index contributed by atoms with van der Waals surface area (Å²) in [6.07, 6.45) is 0.782. The van der Waals surface area contributed by atoms with Crippen molar-refractivity contribution >= 4 is 29.2 Å². The van der Waals surface area contributed by atoms with Gasteiger partial charge in [0.25, 0.3) is 0 Å². The maximum Gasteiger partial charge on any atom is 0.313 e. The van der Waals surface area contributed by atoms with Crippen molar-refractivity contribution in [3.8, 4) is 5.75 Å². The van der Waals surface area contributed by atoms with Crippen LogP contribution >= 0.6 is 0 Å². The first-order valence-electron chi connectivity index (χ1n) is 13.6. The number of Topliss-reactive ketones (excluding diaryl/α,β-unsaturated/α-hetero) is 1. The van der Waals surface area contributed by atoms with E-state index < -0.39 is 77.0 Å². The molecule has 2 aromatic carbocycles. The zero-order chi connectivity index (χ0) is 31.8. The fourth-order valence-corrected chi connectivity index (χ4v) is 4.60. The van der Waals surface area contributed by atoms with Gasteiger partial charge in [-0.15, -0.1) is 0 Å². The summed E-state index contributed by atoms with van der Waals surface area (Å²) in [5, 5.41) is 10.1. The van der Waals surface area contributed by atoms with Gasteiger partial charge < -0.3 is 26.0 Å². The van der Waals surface area contributed by atoms with Gasteiger partial charge in [-0.1, -0.05) is 26.0 Å². The summed E-state index contributed by atoms with van der Waals surface area (Å²) in [6.45, 7) is 5.15. The third-order valence-electron chi connectivity index (χ3n) is 6.86. The molecule has 234 valence electrons. The molecule has 1 heterocycles. The van der Waals surface area contributed by atoms with E-state index in [1.165, 1.54) is 19.1 Å². The Morgan fingerprint density at radius 1 is 0.953 bits per heavy atom. The predicted molar refractivity (Wildman–Crippen MR) is 145 cm³/mol. The lowest BCUT2D eigenvalue weighted by Gasteiger charge is -2.25. The van der Waals surface area contributed by atoms with E-state index in [-0.39, 0.29) is 36.4 Å². The molecule has 0 aromatic heterocycles. The molecule has 9 nitrogen and oxygen atoms in total. The number of ketones is 1. The average Bonchev–Trinajstić information content (AvgIpc) is 3.46. The second-order valence-corrected chi connectivity index (χ2v) is 10.7. The predicted octanol–water partition coefficient (Wildman–Crippen LogP) is 3.29. The molecule has 1 saturated heterocycles. The van der Waals surface area contributed by atoms with Crippen molar-refractivity contribution in [2.24, 2.45) is 11.8 Å². The average molecular weight is 613 g/mol. The quantitative estimate of drug-likeness (QED) is 0.166. The maximum absolute atomic E-state index is 14.1. The van der Waals surface area contributed by atoms with Crippen LogP contribution in [0.3, 0.4) is 0 Å². The van der Waals surface area contributed by atoms with Gasteiger partial charge in [0.15, 0.2) is 23.2 Å². The first-order chi connectivity index (χ1) is 20.3. The minimum atomic E-state index is -1.82. The number of hydrogen-bond donors (Lipinski definition) is 4. The van der Waals surface area contributed by atoms with E-state index in [1.807, 2.05) is 0 Å². The third-order valence-corrected chi connectivity index (χ3v) is 6.86. The van der Waals surface area contributed by atoms with E-state index in [0.29, 0.717) is 25.1 Å². The number of rotatable bonds is 12. The van der Waals surface area contributed by atoms with Crippen molar-refractivity contribution in [2.45, 2.75) is 52.1 Å². The summed E-state index contributed by atoms with van der Waals surface area (Å²) < 4.78 is 74.2. The van der Waals surface area contributed by atoms with Gasteiger partial charge in [-0.25, -0.2) is 13.2 Å². The second kappa shape index (κ2) is 14.9. The fourth-order valence-electron chi connectivity index (χ4n) is 4.60. The van der Waals surface area contributed by atoms with Crippen LogP contribution in [0.25, 0.3) is 0 Å². The van der Waals surface area contributed by atoms with Crippen LogP contribution in [-0.4, -0.2) is 55.3 Å². The van der Waals surface area contributed by atoms with Crippen molar-refractivity contribution < 1.29 is 45.9 Å². The number of anilines is 1. The summed E-state index contributed by atoms with van der Waals surface area (Å²) in [5.41, 5.74) is 0.165. The Morgan fingerprint density at radius 3 is 2.21 bits per heavy atom. The number of aryl methyl sites for hydroxylation is 1. The molecule has 3 atom stereocenters. The SMILES string of the molecule is Cc1cccc(F)c1NC(=O)C(=O)N[C@@H](CC(C)C)C(=O)N[C@@H](C[C@@H]1CCNC1)C(=O)COc1c(F)c(F)cc(F)c1F. The van der Waals surface area contributed by atoms with E-state index in [1.54, 1.807) is 13.8 Å². The van der Waals surface area contributed by atoms with E-state index in [2.05, 4.69) is 21.3 Å². The van der Waals surface area contributed by atoms with Crippen LogP contribution < -0.4 is 26.0 Å². The minimum Gasteiger partial charge on any atom is -0.479 e. The Morgan fingerprint density at radius 2 is 1.63 bits per heavy atom. The lowest BCUT2D eigenvalue weighted by Crippen LogP contribution is -2.54. The minimum absolute atomic E-state index is 0.00357. The van der Waals surface area contributed by atoms with Gasteiger partial charge in [0.05, 0.1) is 11.7 Å². The molecule has 1 aliphatic rings. The number of carbonyl (C=O) groups is 4. The van der Waals surface area contributed by atoms with Crippen LogP contribution in [0.1, 0.15) is 38.7 Å². The van der Waals surface area contributed by atoms with E-state index in [9.17, 15) is 41.1 Å². The van der Waals surface area contributed by atoms with Gasteiger partial charge in [0.1, 0.15) is 18.5 Å². The monoisotopic (exact) mass is 612 g/mol.